The van der Waals surface area contributed by atoms with E-state index in [2.05, 4.69) is 51.1 Å². The van der Waals surface area contributed by atoms with Crippen LogP contribution >= 0.6 is 0 Å². The summed E-state index contributed by atoms with van der Waals surface area (Å²) in [5.74, 6) is -0.413. The summed E-state index contributed by atoms with van der Waals surface area (Å²) >= 11 is 0. The number of aromatic carboxylic acids is 1. The van der Waals surface area contributed by atoms with Gasteiger partial charge in [-0.05, 0) is 71.2 Å². The smallest absolute Gasteiger partial charge is 0.337 e. The van der Waals surface area contributed by atoms with Crippen LogP contribution in [0, 0.1) is 0 Å². The molecule has 5 nitrogen and oxygen atoms in total. The fourth-order valence-corrected chi connectivity index (χ4v) is 3.85. The van der Waals surface area contributed by atoms with Crippen molar-refractivity contribution < 1.29 is 9.90 Å². The summed E-state index contributed by atoms with van der Waals surface area (Å²) in [7, 11) is 0. The van der Waals surface area contributed by atoms with E-state index >= 15 is 0 Å². The zero-order valence-corrected chi connectivity index (χ0v) is 16.0. The summed E-state index contributed by atoms with van der Waals surface area (Å²) in [5.41, 5.74) is 5.35. The third-order valence-corrected chi connectivity index (χ3v) is 5.55. The monoisotopic (exact) mass is 383 g/mol. The number of benzene rings is 1. The van der Waals surface area contributed by atoms with Crippen molar-refractivity contribution in [1.82, 2.24) is 14.5 Å². The van der Waals surface area contributed by atoms with Crippen molar-refractivity contribution in [3.05, 3.63) is 95.2 Å². The Morgan fingerprint density at radius 3 is 2.76 bits per heavy atom. The molecule has 0 radical (unpaired) electrons. The zero-order valence-electron chi connectivity index (χ0n) is 16.0. The van der Waals surface area contributed by atoms with Crippen molar-refractivity contribution >= 4 is 16.9 Å². The first kappa shape index (κ1) is 17.6. The molecule has 1 aromatic carbocycles. The number of rotatable bonds is 6. The highest BCUT2D eigenvalue weighted by molar-refractivity contribution is 5.89. The lowest BCUT2D eigenvalue weighted by Crippen LogP contribution is -2.07. The van der Waals surface area contributed by atoms with Crippen LogP contribution in [0.15, 0.2) is 67.3 Å². The highest BCUT2D eigenvalue weighted by atomic mass is 16.4. The van der Waals surface area contributed by atoms with Gasteiger partial charge in [-0.15, -0.1) is 0 Å². The summed E-state index contributed by atoms with van der Waals surface area (Å²) in [6, 6.07) is 14.2. The number of carbonyl (C=O) groups is 1. The molecule has 1 saturated carbocycles. The number of hydrogen-bond acceptors (Lipinski definition) is 3. The molecule has 0 unspecified atom stereocenters. The largest absolute Gasteiger partial charge is 0.478 e. The van der Waals surface area contributed by atoms with Crippen LogP contribution in [0.4, 0.5) is 0 Å². The molecule has 4 aromatic rings. The molecule has 3 aromatic heterocycles. The summed E-state index contributed by atoms with van der Waals surface area (Å²) in [4.78, 5) is 20.4. The standard InChI is InChI=1S/C24H21N3O2/c28-24(29)21-12-20(18-4-5-18)14-26-22(21)11-16-3-6-23-19(10-16)7-9-27(23)15-17-2-1-8-25-13-17/h1-3,6-10,12-14,18H,4-5,11,15H2,(H,28,29). The van der Waals surface area contributed by atoms with E-state index in [1.165, 1.54) is 0 Å². The molecule has 0 spiro atoms. The van der Waals surface area contributed by atoms with E-state index in [1.54, 1.807) is 6.20 Å². The molecule has 1 fully saturated rings. The zero-order chi connectivity index (χ0) is 19.8. The Labute approximate surface area is 168 Å². The predicted molar refractivity (Wildman–Crippen MR) is 111 cm³/mol. The molecular weight excluding hydrogens is 362 g/mol. The van der Waals surface area contributed by atoms with E-state index in [-0.39, 0.29) is 0 Å². The molecule has 1 N–H and O–H groups in total. The van der Waals surface area contributed by atoms with Crippen LogP contribution in [0.3, 0.4) is 0 Å². The maximum atomic E-state index is 11.7. The normalized spacial score (nSPS) is 13.7. The van der Waals surface area contributed by atoms with Gasteiger partial charge in [0, 0.05) is 43.3 Å². The molecule has 144 valence electrons. The average molecular weight is 383 g/mol. The molecular formula is C24H21N3O2. The van der Waals surface area contributed by atoms with Crippen LogP contribution in [0.5, 0.6) is 0 Å². The Kier molecular flexibility index (Phi) is 4.35. The second-order valence-corrected chi connectivity index (χ2v) is 7.72. The first-order valence-corrected chi connectivity index (χ1v) is 9.86. The lowest BCUT2D eigenvalue weighted by molar-refractivity contribution is 0.0695. The fraction of sp³-hybridized carbons (Fsp3) is 0.208. The maximum Gasteiger partial charge on any atom is 0.337 e. The van der Waals surface area contributed by atoms with Crippen molar-refractivity contribution in [2.75, 3.05) is 0 Å². The van der Waals surface area contributed by atoms with Gasteiger partial charge < -0.3 is 9.67 Å². The molecule has 1 aliphatic carbocycles. The van der Waals surface area contributed by atoms with E-state index in [1.807, 2.05) is 24.5 Å². The van der Waals surface area contributed by atoms with Crippen molar-refractivity contribution in [2.24, 2.45) is 0 Å². The van der Waals surface area contributed by atoms with E-state index in [0.29, 0.717) is 23.6 Å². The number of carboxylic acids is 1. The van der Waals surface area contributed by atoms with Crippen LogP contribution in [-0.4, -0.2) is 25.6 Å². The molecule has 0 atom stereocenters. The third kappa shape index (κ3) is 3.63. The topological polar surface area (TPSA) is 68.0 Å². The van der Waals surface area contributed by atoms with Gasteiger partial charge in [0.05, 0.1) is 11.3 Å². The predicted octanol–water partition coefficient (Wildman–Crippen LogP) is 4.65. The number of hydrogen-bond donors (Lipinski definition) is 1. The second kappa shape index (κ2) is 7.17. The Hall–Kier alpha value is -3.47. The molecule has 0 bridgehead atoms. The molecule has 5 rings (SSSR count). The average Bonchev–Trinajstić information content (AvgIpc) is 3.51. The minimum Gasteiger partial charge on any atom is -0.478 e. The maximum absolute atomic E-state index is 11.7. The third-order valence-electron chi connectivity index (χ3n) is 5.55. The molecule has 0 amide bonds. The van der Waals surface area contributed by atoms with Gasteiger partial charge in [-0.3, -0.25) is 9.97 Å². The second-order valence-electron chi connectivity index (χ2n) is 7.72. The van der Waals surface area contributed by atoms with Crippen LogP contribution in [0.2, 0.25) is 0 Å². The number of fused-ring (bicyclic) bond motifs is 1. The summed E-state index contributed by atoms with van der Waals surface area (Å²) in [6.45, 7) is 0.768. The lowest BCUT2D eigenvalue weighted by atomic mass is 10.0. The van der Waals surface area contributed by atoms with Gasteiger partial charge >= 0.3 is 5.97 Å². The van der Waals surface area contributed by atoms with Gasteiger partial charge in [-0.2, -0.15) is 0 Å². The summed E-state index contributed by atoms with van der Waals surface area (Å²) in [5, 5.41) is 10.8. The highest BCUT2D eigenvalue weighted by Gasteiger charge is 2.25. The van der Waals surface area contributed by atoms with Crippen LogP contribution in [-0.2, 0) is 13.0 Å². The first-order chi connectivity index (χ1) is 14.2. The van der Waals surface area contributed by atoms with Crippen molar-refractivity contribution in [2.45, 2.75) is 31.7 Å². The van der Waals surface area contributed by atoms with Gasteiger partial charge in [0.1, 0.15) is 0 Å². The van der Waals surface area contributed by atoms with Crippen LogP contribution < -0.4 is 0 Å². The molecule has 3 heterocycles. The molecule has 0 saturated heterocycles. The van der Waals surface area contributed by atoms with Crippen molar-refractivity contribution in [3.63, 3.8) is 0 Å². The Bertz CT molecular complexity index is 1190. The molecule has 5 heteroatoms. The molecule has 1 aliphatic rings. The Balaban J connectivity index is 1.42. The number of aromatic nitrogens is 3. The summed E-state index contributed by atoms with van der Waals surface area (Å²) < 4.78 is 2.20. The van der Waals surface area contributed by atoms with Crippen LogP contribution in [0.25, 0.3) is 10.9 Å². The van der Waals surface area contributed by atoms with Crippen LogP contribution in [0.1, 0.15) is 51.5 Å². The minimum absolute atomic E-state index is 0.323. The van der Waals surface area contributed by atoms with Gasteiger partial charge in [0.2, 0.25) is 0 Å². The Morgan fingerprint density at radius 1 is 1.10 bits per heavy atom. The lowest BCUT2D eigenvalue weighted by Gasteiger charge is -2.09. The Morgan fingerprint density at radius 2 is 2.00 bits per heavy atom. The summed E-state index contributed by atoms with van der Waals surface area (Å²) in [6.07, 6.45) is 10.4. The van der Waals surface area contributed by atoms with E-state index in [0.717, 1.165) is 47.0 Å². The van der Waals surface area contributed by atoms with Crippen molar-refractivity contribution in [1.29, 1.82) is 0 Å². The molecule has 29 heavy (non-hydrogen) atoms. The first-order valence-electron chi connectivity index (χ1n) is 9.86. The number of carboxylic acid groups (broad SMARTS) is 1. The van der Waals surface area contributed by atoms with E-state index in [9.17, 15) is 9.90 Å². The van der Waals surface area contributed by atoms with Crippen molar-refractivity contribution in [3.8, 4) is 0 Å². The number of nitrogens with zero attached hydrogens (tertiary/aromatic N) is 3. The quantitative estimate of drug-likeness (QED) is 0.526. The SMILES string of the molecule is O=C(O)c1cc(C2CC2)cnc1Cc1ccc2c(ccn2Cc2cccnc2)c1. The molecule has 0 aliphatic heterocycles. The van der Waals surface area contributed by atoms with E-state index < -0.39 is 5.97 Å². The number of pyridine rings is 2. The van der Waals surface area contributed by atoms with Gasteiger partial charge in [-0.25, -0.2) is 4.79 Å². The van der Waals surface area contributed by atoms with E-state index in [4.69, 9.17) is 0 Å². The minimum atomic E-state index is -0.904. The van der Waals surface area contributed by atoms with Gasteiger partial charge in [0.25, 0.3) is 0 Å². The van der Waals surface area contributed by atoms with Gasteiger partial charge in [0.15, 0.2) is 0 Å². The van der Waals surface area contributed by atoms with Gasteiger partial charge in [-0.1, -0.05) is 12.1 Å². The highest BCUT2D eigenvalue weighted by Crippen LogP contribution is 2.40. The fourth-order valence-electron chi connectivity index (χ4n) is 3.85.